The van der Waals surface area contributed by atoms with E-state index in [1.54, 1.807) is 28.8 Å². The molecule has 166 valence electrons. The molecular formula is C23H21BrN2O5S. The quantitative estimate of drug-likeness (QED) is 0.520. The molecule has 0 atom stereocenters. The number of aromatic nitrogens is 1. The number of carboxylic acids is 1. The second-order valence-electron chi connectivity index (χ2n) is 7.14. The summed E-state index contributed by atoms with van der Waals surface area (Å²) in [7, 11) is 0. The highest BCUT2D eigenvalue weighted by Crippen LogP contribution is 2.37. The van der Waals surface area contributed by atoms with Crippen molar-refractivity contribution in [3.63, 3.8) is 0 Å². The topological polar surface area (TPSA) is 90.1 Å². The first-order valence-corrected chi connectivity index (χ1v) is 11.7. The third-order valence-electron chi connectivity index (χ3n) is 4.89. The lowest BCUT2D eigenvalue weighted by molar-refractivity contribution is 0.0697. The van der Waals surface area contributed by atoms with Crippen molar-refractivity contribution >= 4 is 39.3 Å². The van der Waals surface area contributed by atoms with Crippen molar-refractivity contribution in [1.29, 1.82) is 0 Å². The van der Waals surface area contributed by atoms with Crippen LogP contribution in [0.15, 0.2) is 50.7 Å². The Kier molecular flexibility index (Phi) is 6.76. The van der Waals surface area contributed by atoms with Crippen molar-refractivity contribution in [2.45, 2.75) is 26.5 Å². The number of benzene rings is 2. The standard InChI is InChI=1S/C23H21BrN2O5S/c1-2-30-18-11-15(12-19-21(27)26-9-3-8-25-23(26)32-19)10-17(24)20(18)31-13-14-4-6-16(7-5-14)22(28)29/h4-7,10-12H,2-3,8-9,13H2,1H3,(H,28,29)/b19-12-. The number of hydrogen-bond donors (Lipinski definition) is 1. The minimum atomic E-state index is -0.967. The molecule has 2 heterocycles. The van der Waals surface area contributed by atoms with Crippen LogP contribution in [0.4, 0.5) is 0 Å². The summed E-state index contributed by atoms with van der Waals surface area (Å²) in [4.78, 5) is 28.9. The van der Waals surface area contributed by atoms with Gasteiger partial charge < -0.3 is 14.6 Å². The van der Waals surface area contributed by atoms with Gasteiger partial charge >= 0.3 is 5.97 Å². The summed E-state index contributed by atoms with van der Waals surface area (Å²) < 4.78 is 14.8. The maximum Gasteiger partial charge on any atom is 0.335 e. The lowest BCUT2D eigenvalue weighted by atomic mass is 10.1. The van der Waals surface area contributed by atoms with Gasteiger partial charge in [-0.1, -0.05) is 23.5 Å². The van der Waals surface area contributed by atoms with Crippen LogP contribution in [-0.2, 0) is 13.2 Å². The van der Waals surface area contributed by atoms with Crippen LogP contribution in [-0.4, -0.2) is 28.8 Å². The van der Waals surface area contributed by atoms with Gasteiger partial charge in [0.05, 0.1) is 21.2 Å². The molecular weight excluding hydrogens is 496 g/mol. The van der Waals surface area contributed by atoms with Crippen LogP contribution >= 0.6 is 27.3 Å². The van der Waals surface area contributed by atoms with E-state index in [2.05, 4.69) is 20.9 Å². The van der Waals surface area contributed by atoms with Gasteiger partial charge in [-0.3, -0.25) is 14.4 Å². The van der Waals surface area contributed by atoms with Crippen molar-refractivity contribution in [1.82, 2.24) is 4.57 Å². The number of aromatic carboxylic acids is 1. The van der Waals surface area contributed by atoms with Gasteiger partial charge in [0.2, 0.25) is 0 Å². The van der Waals surface area contributed by atoms with Crippen molar-refractivity contribution in [2.24, 2.45) is 4.99 Å². The van der Waals surface area contributed by atoms with E-state index in [1.807, 2.05) is 25.1 Å². The molecule has 0 saturated carbocycles. The van der Waals surface area contributed by atoms with E-state index < -0.39 is 5.97 Å². The summed E-state index contributed by atoms with van der Waals surface area (Å²) in [6, 6.07) is 10.3. The van der Waals surface area contributed by atoms with Crippen LogP contribution in [0.3, 0.4) is 0 Å². The molecule has 0 radical (unpaired) electrons. The highest BCUT2D eigenvalue weighted by molar-refractivity contribution is 9.10. The molecule has 1 aliphatic rings. The van der Waals surface area contributed by atoms with Gasteiger partial charge in [0.15, 0.2) is 16.3 Å². The Morgan fingerprint density at radius 2 is 2.06 bits per heavy atom. The molecule has 3 aromatic rings. The summed E-state index contributed by atoms with van der Waals surface area (Å²) >= 11 is 4.96. The molecule has 0 unspecified atom stereocenters. The van der Waals surface area contributed by atoms with Gasteiger partial charge in [-0.05, 0) is 70.7 Å². The number of ether oxygens (including phenoxy) is 2. The van der Waals surface area contributed by atoms with Crippen LogP contribution < -0.4 is 24.4 Å². The molecule has 0 saturated heterocycles. The number of carbonyl (C=O) groups is 1. The normalized spacial score (nSPS) is 13.4. The lowest BCUT2D eigenvalue weighted by Crippen LogP contribution is -2.33. The summed E-state index contributed by atoms with van der Waals surface area (Å²) in [6.07, 6.45) is 2.73. The molecule has 1 aromatic heterocycles. The van der Waals surface area contributed by atoms with Gasteiger partial charge in [-0.2, -0.15) is 0 Å². The van der Waals surface area contributed by atoms with Crippen molar-refractivity contribution in [3.05, 3.63) is 77.2 Å². The minimum Gasteiger partial charge on any atom is -0.490 e. The summed E-state index contributed by atoms with van der Waals surface area (Å²) in [5, 5.41) is 9.03. The van der Waals surface area contributed by atoms with Crippen LogP contribution in [0.25, 0.3) is 6.08 Å². The Hall–Kier alpha value is -2.91. The number of hydrogen-bond acceptors (Lipinski definition) is 6. The monoisotopic (exact) mass is 516 g/mol. The largest absolute Gasteiger partial charge is 0.490 e. The molecule has 9 heteroatoms. The first-order valence-electron chi connectivity index (χ1n) is 10.1. The zero-order chi connectivity index (χ0) is 22.7. The van der Waals surface area contributed by atoms with Crippen LogP contribution in [0.5, 0.6) is 11.5 Å². The van der Waals surface area contributed by atoms with E-state index in [0.717, 1.165) is 28.9 Å². The molecule has 2 aromatic carbocycles. The zero-order valence-electron chi connectivity index (χ0n) is 17.3. The first-order chi connectivity index (χ1) is 15.5. The van der Waals surface area contributed by atoms with Crippen molar-refractivity contribution < 1.29 is 19.4 Å². The summed E-state index contributed by atoms with van der Waals surface area (Å²) in [6.45, 7) is 4.05. The second kappa shape index (κ2) is 9.70. The van der Waals surface area contributed by atoms with Gasteiger partial charge in [0.1, 0.15) is 6.61 Å². The smallest absolute Gasteiger partial charge is 0.335 e. The third-order valence-corrected chi connectivity index (χ3v) is 6.52. The fourth-order valence-corrected chi connectivity index (χ4v) is 4.95. The lowest BCUT2D eigenvalue weighted by Gasteiger charge is -2.15. The van der Waals surface area contributed by atoms with E-state index in [4.69, 9.17) is 14.6 Å². The Morgan fingerprint density at radius 3 is 2.75 bits per heavy atom. The number of halogens is 1. The Morgan fingerprint density at radius 1 is 1.28 bits per heavy atom. The van der Waals surface area contributed by atoms with Gasteiger partial charge in [-0.25, -0.2) is 4.79 Å². The van der Waals surface area contributed by atoms with E-state index in [9.17, 15) is 9.59 Å². The number of rotatable bonds is 7. The fraction of sp³-hybridized carbons (Fsp3) is 0.261. The SMILES string of the molecule is CCOc1cc(/C=c2\sc3n(c2=O)CCCN=3)cc(Br)c1OCc1ccc(C(=O)O)cc1. The molecule has 0 aliphatic carbocycles. The number of fused-ring (bicyclic) bond motifs is 1. The van der Waals surface area contributed by atoms with Gasteiger partial charge in [0.25, 0.3) is 5.56 Å². The maximum absolute atomic E-state index is 12.7. The van der Waals surface area contributed by atoms with Gasteiger partial charge in [0, 0.05) is 13.1 Å². The summed E-state index contributed by atoms with van der Waals surface area (Å²) in [5.74, 6) is 0.135. The Bertz CT molecular complexity index is 1330. The van der Waals surface area contributed by atoms with Crippen molar-refractivity contribution in [2.75, 3.05) is 13.2 Å². The van der Waals surface area contributed by atoms with Crippen molar-refractivity contribution in [3.8, 4) is 11.5 Å². The van der Waals surface area contributed by atoms with Crippen LogP contribution in [0.1, 0.15) is 34.8 Å². The molecule has 32 heavy (non-hydrogen) atoms. The second-order valence-corrected chi connectivity index (χ2v) is 9.00. The average Bonchev–Trinajstić information content (AvgIpc) is 3.09. The van der Waals surface area contributed by atoms with Crippen LogP contribution in [0, 0.1) is 0 Å². The molecule has 0 amide bonds. The predicted octanol–water partition coefficient (Wildman–Crippen LogP) is 3.20. The highest BCUT2D eigenvalue weighted by atomic mass is 79.9. The van der Waals surface area contributed by atoms with E-state index in [-0.39, 0.29) is 17.7 Å². The molecule has 1 aliphatic heterocycles. The zero-order valence-corrected chi connectivity index (χ0v) is 19.7. The molecule has 1 N–H and O–H groups in total. The Balaban J connectivity index is 1.63. The maximum atomic E-state index is 12.7. The number of carboxylic acid groups (broad SMARTS) is 1. The molecule has 7 nitrogen and oxygen atoms in total. The van der Waals surface area contributed by atoms with E-state index in [1.165, 1.54) is 11.3 Å². The third kappa shape index (κ3) is 4.78. The first kappa shape index (κ1) is 22.3. The van der Waals surface area contributed by atoms with E-state index in [0.29, 0.717) is 33.7 Å². The predicted molar refractivity (Wildman–Crippen MR) is 125 cm³/mol. The fourth-order valence-electron chi connectivity index (χ4n) is 3.35. The minimum absolute atomic E-state index is 0.0207. The molecule has 0 fully saturated rings. The highest BCUT2D eigenvalue weighted by Gasteiger charge is 2.14. The molecule has 4 rings (SSSR count). The Labute approximate surface area is 196 Å². The van der Waals surface area contributed by atoms with E-state index >= 15 is 0 Å². The number of thiazole rings is 1. The average molecular weight is 517 g/mol. The van der Waals surface area contributed by atoms with Gasteiger partial charge in [-0.15, -0.1) is 0 Å². The van der Waals surface area contributed by atoms with Crippen LogP contribution in [0.2, 0.25) is 0 Å². The number of nitrogens with zero attached hydrogens (tertiary/aromatic N) is 2. The summed E-state index contributed by atoms with van der Waals surface area (Å²) in [5.41, 5.74) is 1.85. The molecule has 0 spiro atoms. The molecule has 0 bridgehead atoms.